The van der Waals surface area contributed by atoms with Gasteiger partial charge in [-0.25, -0.2) is 0 Å². The van der Waals surface area contributed by atoms with Gasteiger partial charge >= 0.3 is 67.8 Å². The zero-order valence-corrected chi connectivity index (χ0v) is 14.7. The zero-order chi connectivity index (χ0) is 17.9. The molecule has 0 saturated heterocycles. The minimum atomic E-state index is -1.02. The van der Waals surface area contributed by atoms with Crippen LogP contribution >= 0.6 is 0 Å². The third kappa shape index (κ3) is 547. The van der Waals surface area contributed by atoms with Gasteiger partial charge in [0.1, 0.15) is 8.07 Å². The Morgan fingerprint density at radius 1 is 0.571 bits per heavy atom. The van der Waals surface area contributed by atoms with E-state index in [1.54, 1.807) is 0 Å². The van der Waals surface area contributed by atoms with Crippen LogP contribution in [0.3, 0.4) is 0 Å². The normalized spacial score (nSPS) is 3.81. The minimum Gasteiger partial charge on any atom is 0 e. The summed E-state index contributed by atoms with van der Waals surface area (Å²) < 4.78 is 45.0. The Bertz CT molecular complexity index is 266. The van der Waals surface area contributed by atoms with E-state index >= 15 is 0 Å². The molecule has 6 nitrogen and oxygen atoms in total. The van der Waals surface area contributed by atoms with Crippen LogP contribution in [-0.2, 0) is 61.5 Å². The fourth-order valence-electron chi connectivity index (χ4n) is 0.375. The smallest absolute Gasteiger partial charge is 0 e. The molecule has 0 aliphatic rings. The van der Waals surface area contributed by atoms with Crippen LogP contribution in [0.4, 0.5) is 0 Å². The molecular formula is C12H12Co2O6Si. The average molecular weight is 398 g/mol. The van der Waals surface area contributed by atoms with Gasteiger partial charge in [-0.1, -0.05) is 19.6 Å². The van der Waals surface area contributed by atoms with Crippen LogP contribution in [0.15, 0.2) is 0 Å². The van der Waals surface area contributed by atoms with Gasteiger partial charge in [0.2, 0.25) is 0 Å². The minimum absolute atomic E-state index is 0. The Hall–Kier alpha value is -0.770. The van der Waals surface area contributed by atoms with Crippen LogP contribution in [0.25, 0.3) is 0 Å². The van der Waals surface area contributed by atoms with Crippen molar-refractivity contribution in [3.63, 3.8) is 0 Å². The molecule has 118 valence electrons. The van der Waals surface area contributed by atoms with Crippen molar-refractivity contribution in [1.82, 2.24) is 0 Å². The fraction of sp³-hybridized carbons (Fsp3) is 0.333. The van der Waals surface area contributed by atoms with Crippen LogP contribution in [0.2, 0.25) is 19.6 Å². The molecule has 0 aliphatic carbocycles. The van der Waals surface area contributed by atoms with Crippen molar-refractivity contribution in [3.05, 3.63) is 39.9 Å². The van der Waals surface area contributed by atoms with Gasteiger partial charge in [-0.15, -0.1) is 11.5 Å². The zero-order valence-electron chi connectivity index (χ0n) is 11.6. The molecule has 9 heteroatoms. The van der Waals surface area contributed by atoms with Crippen LogP contribution in [-0.4, -0.2) is 8.07 Å². The maximum absolute atomic E-state index is 7.50. The molecule has 0 rings (SSSR count). The third-order valence-electron chi connectivity index (χ3n) is 0.500. The number of hydrogen-bond acceptors (Lipinski definition) is 0. The van der Waals surface area contributed by atoms with Crippen molar-refractivity contribution in [1.29, 1.82) is 0 Å². The van der Waals surface area contributed by atoms with Crippen molar-refractivity contribution in [2.45, 2.75) is 26.6 Å². The molecule has 0 unspecified atom stereocenters. The summed E-state index contributed by atoms with van der Waals surface area (Å²) in [6, 6.07) is 0. The maximum atomic E-state index is 7.50. The summed E-state index contributed by atoms with van der Waals surface area (Å²) in [6.07, 6.45) is 0. The van der Waals surface area contributed by atoms with E-state index in [0.29, 0.717) is 0 Å². The molecule has 0 saturated carbocycles. The van der Waals surface area contributed by atoms with Crippen LogP contribution in [0.1, 0.15) is 6.92 Å². The maximum Gasteiger partial charge on any atom is 0 e. The van der Waals surface area contributed by atoms with Gasteiger partial charge in [0.05, 0.1) is 0 Å². The standard InChI is InChI=1S/C6H12Si.6CO.2Co/c1-5-6-7(2,3)4;6*1-2;;/h1-4H3;;;;;;;;. The Morgan fingerprint density at radius 2 is 0.714 bits per heavy atom. The Kier molecular flexibility index (Phi) is 345. The summed E-state index contributed by atoms with van der Waals surface area (Å²) in [6.45, 7) is 35.6. The summed E-state index contributed by atoms with van der Waals surface area (Å²) in [5.74, 6) is 2.92. The summed E-state index contributed by atoms with van der Waals surface area (Å²) in [5, 5.41) is 0. The summed E-state index contributed by atoms with van der Waals surface area (Å²) in [5.41, 5.74) is 3.17. The monoisotopic (exact) mass is 398 g/mol. The van der Waals surface area contributed by atoms with E-state index < -0.39 is 8.07 Å². The summed E-state index contributed by atoms with van der Waals surface area (Å²) >= 11 is 0. The number of rotatable bonds is 0. The molecule has 2 radical (unpaired) electrons. The molecule has 0 amide bonds. The van der Waals surface area contributed by atoms with E-state index in [-0.39, 0.29) is 33.6 Å². The molecule has 0 N–H and O–H groups in total. The van der Waals surface area contributed by atoms with Gasteiger partial charge in [-0.2, -0.15) is 0 Å². The van der Waals surface area contributed by atoms with E-state index in [9.17, 15) is 0 Å². The van der Waals surface area contributed by atoms with Gasteiger partial charge in [0, 0.05) is 33.6 Å². The van der Waals surface area contributed by atoms with Gasteiger partial charge in [0.15, 0.2) is 0 Å². The van der Waals surface area contributed by atoms with Crippen molar-refractivity contribution < 1.29 is 61.5 Å². The first-order valence-corrected chi connectivity index (χ1v) is 7.22. The fourth-order valence-corrected chi connectivity index (χ4v) is 1.12. The first-order chi connectivity index (χ1) is 9.06. The van der Waals surface area contributed by atoms with E-state index in [1.165, 1.54) is 0 Å². The molecule has 0 spiro atoms. The van der Waals surface area contributed by atoms with E-state index in [2.05, 4.69) is 71.0 Å². The third-order valence-corrected chi connectivity index (χ3v) is 1.50. The van der Waals surface area contributed by atoms with Gasteiger partial charge in [-0.3, -0.25) is 0 Å². The largest absolute Gasteiger partial charge is 0 e. The second-order valence-electron chi connectivity index (χ2n) is 2.62. The Morgan fingerprint density at radius 3 is 0.714 bits per heavy atom. The van der Waals surface area contributed by atoms with E-state index in [4.69, 9.17) is 27.9 Å². The first kappa shape index (κ1) is 59.3. The SMILES string of the molecule is CC#C[Si](C)(C)C.[C-]#[O+].[C-]#[O+].[C-]#[O+].[C-]#[O+].[C-]#[O+].[C-]#[O+].[Co].[Co]. The van der Waals surface area contributed by atoms with Gasteiger partial charge < -0.3 is 0 Å². The topological polar surface area (TPSA) is 119 Å². The second kappa shape index (κ2) is 122. The quantitative estimate of drug-likeness (QED) is 0.255. The predicted octanol–water partition coefficient (Wildman–Crippen LogP) is 1.66. The van der Waals surface area contributed by atoms with Crippen molar-refractivity contribution in [2.24, 2.45) is 0 Å². The molecule has 0 fully saturated rings. The van der Waals surface area contributed by atoms with Crippen molar-refractivity contribution in [2.75, 3.05) is 0 Å². The molecule has 0 aromatic carbocycles. The average Bonchev–Trinajstić information content (AvgIpc) is 2.50. The summed E-state index contributed by atoms with van der Waals surface area (Å²) in [7, 11) is -1.02. The van der Waals surface area contributed by atoms with Crippen LogP contribution in [0.5, 0.6) is 0 Å². The molecule has 0 aliphatic heterocycles. The molecule has 0 bridgehead atoms. The predicted molar refractivity (Wildman–Crippen MR) is 60.4 cm³/mol. The van der Waals surface area contributed by atoms with Crippen molar-refractivity contribution >= 4 is 8.07 Å². The summed E-state index contributed by atoms with van der Waals surface area (Å²) in [4.78, 5) is 0. The van der Waals surface area contributed by atoms with Crippen molar-refractivity contribution in [3.8, 4) is 11.5 Å². The van der Waals surface area contributed by atoms with Crippen LogP contribution in [0, 0.1) is 51.4 Å². The second-order valence-corrected chi connectivity index (χ2v) is 7.38. The number of hydrogen-bond donors (Lipinski definition) is 0. The molecule has 0 aromatic rings. The van der Waals surface area contributed by atoms with Gasteiger partial charge in [0.25, 0.3) is 0 Å². The molecule has 0 heterocycles. The molecular weight excluding hydrogens is 386 g/mol. The molecule has 0 atom stereocenters. The van der Waals surface area contributed by atoms with Gasteiger partial charge in [-0.05, 0) is 6.92 Å². The van der Waals surface area contributed by atoms with Crippen LogP contribution < -0.4 is 0 Å². The first-order valence-electron chi connectivity index (χ1n) is 3.72. The Balaban J connectivity index is -0.0000000128. The van der Waals surface area contributed by atoms with E-state index in [1.807, 2.05) is 6.92 Å². The van der Waals surface area contributed by atoms with E-state index in [0.717, 1.165) is 0 Å². The molecule has 0 aromatic heterocycles. The Labute approximate surface area is 147 Å². The molecule has 21 heavy (non-hydrogen) atoms.